The Bertz CT molecular complexity index is 1280. The van der Waals surface area contributed by atoms with E-state index >= 15 is 0 Å². The topological polar surface area (TPSA) is 87.2 Å². The molecule has 38 heavy (non-hydrogen) atoms. The number of likely N-dealkylation sites (tertiary alicyclic amines) is 1. The number of anilines is 1. The van der Waals surface area contributed by atoms with Crippen LogP contribution in [0.25, 0.3) is 0 Å². The first-order valence-corrected chi connectivity index (χ1v) is 13.7. The predicted octanol–water partition coefficient (Wildman–Crippen LogP) is 6.45. The number of hydrogen-bond donors (Lipinski definition) is 0. The van der Waals surface area contributed by atoms with E-state index in [1.165, 1.54) is 23.1 Å². The Morgan fingerprint density at radius 2 is 1.68 bits per heavy atom. The summed E-state index contributed by atoms with van der Waals surface area (Å²) in [5, 5.41) is 0.471. The molecule has 202 valence electrons. The summed E-state index contributed by atoms with van der Waals surface area (Å²) in [6, 6.07) is 9.87. The van der Waals surface area contributed by atoms with E-state index in [1.54, 1.807) is 27.7 Å². The average Bonchev–Trinajstić information content (AvgIpc) is 3.35. The quantitative estimate of drug-likeness (QED) is 0.365. The summed E-state index contributed by atoms with van der Waals surface area (Å²) in [7, 11) is 0. The molecule has 0 radical (unpaired) electrons. The Morgan fingerprint density at radius 1 is 1.08 bits per heavy atom. The molecule has 0 spiro atoms. The van der Waals surface area contributed by atoms with Crippen LogP contribution in [0.4, 0.5) is 15.3 Å². The van der Waals surface area contributed by atoms with Crippen LogP contribution in [0.15, 0.2) is 46.9 Å². The van der Waals surface area contributed by atoms with Crippen molar-refractivity contribution in [2.45, 2.75) is 64.1 Å². The number of amides is 5. The SMILES string of the molecule is CC(C)(C)OC(=O)N1CCC[C@@H]1C(=O)N1C(=O)N(c2cc(Cl)cc(Cl)c2)C(=O)[C@@]1(C)Cc1ccc(Br)cc1. The van der Waals surface area contributed by atoms with Gasteiger partial charge in [-0.1, -0.05) is 51.3 Å². The first-order chi connectivity index (χ1) is 17.7. The highest BCUT2D eigenvalue weighted by molar-refractivity contribution is 9.10. The smallest absolute Gasteiger partial charge is 0.410 e. The van der Waals surface area contributed by atoms with E-state index in [2.05, 4.69) is 15.9 Å². The van der Waals surface area contributed by atoms with Crippen LogP contribution in [0.2, 0.25) is 10.0 Å². The zero-order chi connectivity index (χ0) is 28.0. The van der Waals surface area contributed by atoms with E-state index in [1.807, 2.05) is 24.3 Å². The van der Waals surface area contributed by atoms with Gasteiger partial charge in [0.05, 0.1) is 5.69 Å². The van der Waals surface area contributed by atoms with Crippen molar-refractivity contribution in [1.82, 2.24) is 9.80 Å². The fourth-order valence-corrected chi connectivity index (χ4v) is 5.61. The highest BCUT2D eigenvalue weighted by Crippen LogP contribution is 2.38. The molecule has 8 nitrogen and oxygen atoms in total. The molecule has 0 unspecified atom stereocenters. The van der Waals surface area contributed by atoms with Crippen molar-refractivity contribution in [2.24, 2.45) is 0 Å². The zero-order valence-corrected chi connectivity index (χ0v) is 24.6. The van der Waals surface area contributed by atoms with Crippen molar-refractivity contribution in [3.05, 3.63) is 62.5 Å². The first kappa shape index (κ1) is 28.4. The molecule has 0 N–H and O–H groups in total. The number of nitrogens with zero attached hydrogens (tertiary/aromatic N) is 3. The van der Waals surface area contributed by atoms with Gasteiger partial charge in [-0.3, -0.25) is 14.5 Å². The van der Waals surface area contributed by atoms with Gasteiger partial charge in [-0.25, -0.2) is 19.4 Å². The number of carbonyl (C=O) groups excluding carboxylic acids is 4. The highest BCUT2D eigenvalue weighted by atomic mass is 79.9. The molecule has 0 saturated carbocycles. The van der Waals surface area contributed by atoms with Crippen molar-refractivity contribution < 1.29 is 23.9 Å². The lowest BCUT2D eigenvalue weighted by molar-refractivity contribution is -0.140. The monoisotopic (exact) mass is 623 g/mol. The molecular weight excluding hydrogens is 597 g/mol. The average molecular weight is 625 g/mol. The van der Waals surface area contributed by atoms with Gasteiger partial charge in [0, 0.05) is 27.5 Å². The van der Waals surface area contributed by atoms with Crippen molar-refractivity contribution in [1.29, 1.82) is 0 Å². The fraction of sp³-hybridized carbons (Fsp3) is 0.407. The van der Waals surface area contributed by atoms with Crippen LogP contribution in [0.3, 0.4) is 0 Å². The van der Waals surface area contributed by atoms with Gasteiger partial charge in [0.25, 0.3) is 11.8 Å². The molecule has 0 bridgehead atoms. The first-order valence-electron chi connectivity index (χ1n) is 12.1. The van der Waals surface area contributed by atoms with E-state index in [0.717, 1.165) is 19.8 Å². The molecule has 2 atom stereocenters. The molecule has 2 fully saturated rings. The van der Waals surface area contributed by atoms with Crippen LogP contribution < -0.4 is 4.90 Å². The molecule has 4 rings (SSSR count). The van der Waals surface area contributed by atoms with E-state index in [-0.39, 0.29) is 22.2 Å². The minimum absolute atomic E-state index is 0.0700. The fourth-order valence-electron chi connectivity index (χ4n) is 4.83. The summed E-state index contributed by atoms with van der Waals surface area (Å²) in [5.74, 6) is -1.24. The summed E-state index contributed by atoms with van der Waals surface area (Å²) in [4.78, 5) is 58.1. The van der Waals surface area contributed by atoms with Gasteiger partial charge in [0.15, 0.2) is 0 Å². The maximum absolute atomic E-state index is 14.1. The van der Waals surface area contributed by atoms with Gasteiger partial charge in [0.2, 0.25) is 0 Å². The lowest BCUT2D eigenvalue weighted by atomic mass is 9.90. The van der Waals surface area contributed by atoms with Gasteiger partial charge >= 0.3 is 12.1 Å². The summed E-state index contributed by atoms with van der Waals surface area (Å²) in [6.45, 7) is 7.08. The zero-order valence-electron chi connectivity index (χ0n) is 21.5. The number of benzene rings is 2. The van der Waals surface area contributed by atoms with Crippen molar-refractivity contribution in [3.63, 3.8) is 0 Å². The third-order valence-electron chi connectivity index (χ3n) is 6.49. The van der Waals surface area contributed by atoms with E-state index < -0.39 is 41.1 Å². The van der Waals surface area contributed by atoms with E-state index in [0.29, 0.717) is 19.4 Å². The number of rotatable bonds is 4. The predicted molar refractivity (Wildman–Crippen MR) is 148 cm³/mol. The molecule has 2 heterocycles. The van der Waals surface area contributed by atoms with Gasteiger partial charge in [-0.15, -0.1) is 0 Å². The second-order valence-electron chi connectivity index (χ2n) is 10.6. The lowest BCUT2D eigenvalue weighted by Gasteiger charge is -2.34. The van der Waals surface area contributed by atoms with Crippen molar-refractivity contribution in [2.75, 3.05) is 11.4 Å². The second-order valence-corrected chi connectivity index (χ2v) is 12.4. The number of halogens is 3. The molecule has 2 aliphatic heterocycles. The Hall–Kier alpha value is -2.62. The Balaban J connectivity index is 1.76. The number of carbonyl (C=O) groups is 4. The number of urea groups is 1. The van der Waals surface area contributed by atoms with Crippen LogP contribution >= 0.6 is 39.1 Å². The molecule has 5 amide bonds. The van der Waals surface area contributed by atoms with Crippen molar-refractivity contribution >= 4 is 68.8 Å². The van der Waals surface area contributed by atoms with Gasteiger partial charge in [-0.05, 0) is 76.4 Å². The molecule has 2 aromatic rings. The molecule has 2 aromatic carbocycles. The van der Waals surface area contributed by atoms with Crippen LogP contribution in [0.1, 0.15) is 46.1 Å². The van der Waals surface area contributed by atoms with Crippen LogP contribution in [0.5, 0.6) is 0 Å². The normalized spacial score (nSPS) is 21.9. The van der Waals surface area contributed by atoms with Crippen molar-refractivity contribution in [3.8, 4) is 0 Å². The van der Waals surface area contributed by atoms with Gasteiger partial charge in [0.1, 0.15) is 17.2 Å². The Morgan fingerprint density at radius 3 is 2.26 bits per heavy atom. The molecular formula is C27H28BrCl2N3O5. The number of hydrogen-bond acceptors (Lipinski definition) is 5. The maximum atomic E-state index is 14.1. The highest BCUT2D eigenvalue weighted by Gasteiger charge is 2.59. The summed E-state index contributed by atoms with van der Waals surface area (Å²) in [6.07, 6.45) is 0.329. The Labute approximate surface area is 239 Å². The standard InChI is InChI=1S/C27H28BrCl2N3O5/c1-26(2,3)38-25(37)31-11-5-6-21(31)22(34)33-24(36)32(20-13-18(29)12-19(30)14-20)23(35)27(33,4)15-16-7-9-17(28)10-8-16/h7-10,12-14,21H,5-6,11,15H2,1-4H3/t21-,27-/m1/s1. The Kier molecular flexibility index (Phi) is 7.85. The summed E-state index contributed by atoms with van der Waals surface area (Å²) in [5.41, 5.74) is -1.42. The van der Waals surface area contributed by atoms with Gasteiger partial charge in [-0.2, -0.15) is 0 Å². The van der Waals surface area contributed by atoms with Crippen LogP contribution in [-0.2, 0) is 20.7 Å². The van der Waals surface area contributed by atoms with E-state index in [9.17, 15) is 19.2 Å². The molecule has 2 saturated heterocycles. The van der Waals surface area contributed by atoms with Gasteiger partial charge < -0.3 is 4.74 Å². The third kappa shape index (κ3) is 5.55. The number of imide groups is 2. The second kappa shape index (κ2) is 10.5. The minimum atomic E-state index is -1.57. The maximum Gasteiger partial charge on any atom is 0.410 e. The molecule has 0 aromatic heterocycles. The summed E-state index contributed by atoms with van der Waals surface area (Å²) < 4.78 is 6.36. The minimum Gasteiger partial charge on any atom is -0.444 e. The molecule has 11 heteroatoms. The summed E-state index contributed by atoms with van der Waals surface area (Å²) >= 11 is 15.7. The van der Waals surface area contributed by atoms with E-state index in [4.69, 9.17) is 27.9 Å². The molecule has 2 aliphatic rings. The van der Waals surface area contributed by atoms with Crippen LogP contribution in [0, 0.1) is 0 Å². The largest absolute Gasteiger partial charge is 0.444 e. The third-order valence-corrected chi connectivity index (χ3v) is 7.46. The molecule has 0 aliphatic carbocycles. The number of ether oxygens (including phenoxy) is 1. The van der Waals surface area contributed by atoms with Crippen LogP contribution in [-0.4, -0.2) is 57.5 Å². The lowest BCUT2D eigenvalue weighted by Crippen LogP contribution is -2.57.